The lowest BCUT2D eigenvalue weighted by molar-refractivity contribution is -0.139. The molecule has 14 heteroatoms. The fraction of sp³-hybridized carbons (Fsp3) is 0.423. The van der Waals surface area contributed by atoms with Gasteiger partial charge in [-0.25, -0.2) is 14.8 Å². The van der Waals surface area contributed by atoms with E-state index in [0.29, 0.717) is 10.6 Å². The summed E-state index contributed by atoms with van der Waals surface area (Å²) in [5.41, 5.74) is 0.585. The van der Waals surface area contributed by atoms with E-state index in [-0.39, 0.29) is 69.3 Å². The van der Waals surface area contributed by atoms with Crippen LogP contribution in [-0.4, -0.2) is 104 Å². The Bertz CT molecular complexity index is 1220. The number of thioether (sulfide) groups is 1. The molecule has 3 rings (SSSR count). The van der Waals surface area contributed by atoms with Crippen molar-refractivity contribution in [3.05, 3.63) is 42.1 Å². The smallest absolute Gasteiger partial charge is 0.409 e. The first-order valence-corrected chi connectivity index (χ1v) is 13.7. The zero-order valence-corrected chi connectivity index (χ0v) is 22.8. The second kappa shape index (κ2) is 14.8. The van der Waals surface area contributed by atoms with Crippen LogP contribution >= 0.6 is 11.8 Å². The van der Waals surface area contributed by atoms with Crippen molar-refractivity contribution in [2.75, 3.05) is 38.5 Å². The Kier molecular flexibility index (Phi) is 11.2. The number of carboxylic acids is 2. The summed E-state index contributed by atoms with van der Waals surface area (Å²) in [5, 5.41) is 21.2. The summed E-state index contributed by atoms with van der Waals surface area (Å²) in [6, 6.07) is 9.17. The van der Waals surface area contributed by atoms with Gasteiger partial charge in [0.2, 0.25) is 5.91 Å². The van der Waals surface area contributed by atoms with Crippen molar-refractivity contribution in [1.82, 2.24) is 25.1 Å². The van der Waals surface area contributed by atoms with E-state index in [4.69, 9.17) is 9.84 Å². The Morgan fingerprint density at radius 1 is 0.975 bits per heavy atom. The van der Waals surface area contributed by atoms with Gasteiger partial charge >= 0.3 is 18.0 Å². The van der Waals surface area contributed by atoms with E-state index in [1.165, 1.54) is 15.9 Å². The number of nitrogens with zero attached hydrogens (tertiary/aromatic N) is 4. The van der Waals surface area contributed by atoms with Gasteiger partial charge < -0.3 is 30.1 Å². The molecule has 3 amide bonds. The number of carboxylic acid groups (broad SMARTS) is 2. The molecule has 3 N–H and O–H groups in total. The molecular formula is C26H31N5O8S. The fourth-order valence-corrected chi connectivity index (χ4v) is 4.71. The summed E-state index contributed by atoms with van der Waals surface area (Å²) in [7, 11) is 0. The molecule has 1 aliphatic heterocycles. The molecule has 1 aromatic heterocycles. The fourth-order valence-electron chi connectivity index (χ4n) is 3.88. The van der Waals surface area contributed by atoms with E-state index in [1.807, 2.05) is 6.07 Å². The number of piperazine rings is 1. The molecule has 0 aliphatic carbocycles. The number of nitrogens with one attached hydrogen (secondary N) is 1. The van der Waals surface area contributed by atoms with E-state index in [1.54, 1.807) is 31.2 Å². The summed E-state index contributed by atoms with van der Waals surface area (Å²) in [5.74, 6) is -2.79. The number of aliphatic carboxylic acids is 2. The predicted molar refractivity (Wildman–Crippen MR) is 144 cm³/mol. The number of rotatable bonds is 12. The molecule has 1 unspecified atom stereocenters. The minimum atomic E-state index is -1.14. The van der Waals surface area contributed by atoms with Crippen molar-refractivity contribution in [3.8, 4) is 11.4 Å². The highest BCUT2D eigenvalue weighted by Crippen LogP contribution is 2.22. The van der Waals surface area contributed by atoms with E-state index in [2.05, 4.69) is 15.3 Å². The van der Waals surface area contributed by atoms with Crippen LogP contribution in [0.25, 0.3) is 11.4 Å². The molecule has 0 bridgehead atoms. The lowest BCUT2D eigenvalue weighted by Crippen LogP contribution is -2.56. The van der Waals surface area contributed by atoms with E-state index < -0.39 is 35.9 Å². The van der Waals surface area contributed by atoms with Gasteiger partial charge in [-0.3, -0.25) is 19.2 Å². The summed E-state index contributed by atoms with van der Waals surface area (Å²) in [4.78, 5) is 72.6. The third kappa shape index (κ3) is 8.93. The lowest BCUT2D eigenvalue weighted by Gasteiger charge is -2.35. The van der Waals surface area contributed by atoms with Crippen molar-refractivity contribution in [2.45, 2.75) is 37.3 Å². The lowest BCUT2D eigenvalue weighted by atomic mass is 10.1. The number of hydrogen-bond acceptors (Lipinski definition) is 9. The SMILES string of the molecule is CCOC(=O)N1CCN(C(=O)C(CCC(=O)O)NC(=O)c2cc(SCCC(=O)O)nc(-c3ccccc3)n2)CC1. The van der Waals surface area contributed by atoms with Crippen molar-refractivity contribution in [2.24, 2.45) is 0 Å². The summed E-state index contributed by atoms with van der Waals surface area (Å²) >= 11 is 1.15. The zero-order chi connectivity index (χ0) is 29.1. The van der Waals surface area contributed by atoms with Crippen LogP contribution in [0.15, 0.2) is 41.4 Å². The normalized spacial score (nSPS) is 13.8. The highest BCUT2D eigenvalue weighted by Gasteiger charge is 2.31. The molecular weight excluding hydrogens is 542 g/mol. The van der Waals surface area contributed by atoms with Crippen LogP contribution in [-0.2, 0) is 19.1 Å². The van der Waals surface area contributed by atoms with Gasteiger partial charge in [0.25, 0.3) is 5.91 Å². The third-order valence-corrected chi connectivity index (χ3v) is 6.81. The predicted octanol–water partition coefficient (Wildman–Crippen LogP) is 1.97. The molecule has 2 aromatic rings. The Morgan fingerprint density at radius 3 is 2.25 bits per heavy atom. The summed E-state index contributed by atoms with van der Waals surface area (Å²) in [6.45, 7) is 2.82. The van der Waals surface area contributed by atoms with Gasteiger partial charge in [-0.05, 0) is 13.3 Å². The molecule has 2 heterocycles. The largest absolute Gasteiger partial charge is 0.481 e. The van der Waals surface area contributed by atoms with Gasteiger partial charge in [0.1, 0.15) is 16.8 Å². The number of ether oxygens (including phenoxy) is 1. The van der Waals surface area contributed by atoms with Crippen LogP contribution in [0.1, 0.15) is 36.7 Å². The molecule has 1 saturated heterocycles. The van der Waals surface area contributed by atoms with Crippen LogP contribution in [0.5, 0.6) is 0 Å². The van der Waals surface area contributed by atoms with Gasteiger partial charge in [0.15, 0.2) is 5.82 Å². The first-order chi connectivity index (χ1) is 19.2. The molecule has 1 aromatic carbocycles. The van der Waals surface area contributed by atoms with E-state index >= 15 is 0 Å². The second-order valence-electron chi connectivity index (χ2n) is 8.74. The Labute approximate surface area is 234 Å². The quantitative estimate of drug-likeness (QED) is 0.250. The maximum atomic E-state index is 13.3. The van der Waals surface area contributed by atoms with Crippen molar-refractivity contribution in [1.29, 1.82) is 0 Å². The Morgan fingerprint density at radius 2 is 1.62 bits per heavy atom. The van der Waals surface area contributed by atoms with Gasteiger partial charge in [-0.1, -0.05) is 30.3 Å². The molecule has 0 radical (unpaired) electrons. The number of hydrogen-bond donors (Lipinski definition) is 3. The van der Waals surface area contributed by atoms with Crippen LogP contribution in [0.3, 0.4) is 0 Å². The van der Waals surface area contributed by atoms with Gasteiger partial charge in [0.05, 0.1) is 13.0 Å². The number of aromatic nitrogens is 2. The average Bonchev–Trinajstić information content (AvgIpc) is 2.95. The molecule has 0 spiro atoms. The second-order valence-corrected chi connectivity index (χ2v) is 9.86. The van der Waals surface area contributed by atoms with Crippen molar-refractivity contribution < 1.29 is 38.9 Å². The molecule has 214 valence electrons. The molecule has 1 atom stereocenters. The highest BCUT2D eigenvalue weighted by molar-refractivity contribution is 7.99. The molecule has 1 aliphatic rings. The van der Waals surface area contributed by atoms with Gasteiger partial charge in [0, 0.05) is 50.0 Å². The monoisotopic (exact) mass is 573 g/mol. The Hall–Kier alpha value is -4.20. The molecule has 1 fully saturated rings. The maximum absolute atomic E-state index is 13.3. The Balaban J connectivity index is 1.79. The topological polar surface area (TPSA) is 179 Å². The number of carbonyl (C=O) groups excluding carboxylic acids is 3. The molecule has 0 saturated carbocycles. The van der Waals surface area contributed by atoms with Crippen LogP contribution < -0.4 is 5.32 Å². The standard InChI is InChI=1S/C26H31N5O8S/c1-2-39-26(38)31-13-11-30(12-14-31)25(37)18(8-9-21(32)33)28-24(36)19-16-20(40-15-10-22(34)35)29-23(27-19)17-6-4-3-5-7-17/h3-7,16,18H,2,8-15H2,1H3,(H,28,36)(H,32,33)(H,34,35). The minimum Gasteiger partial charge on any atom is -0.481 e. The minimum absolute atomic E-state index is 0.0491. The van der Waals surface area contributed by atoms with Crippen LogP contribution in [0, 0.1) is 0 Å². The average molecular weight is 574 g/mol. The van der Waals surface area contributed by atoms with Crippen molar-refractivity contribution >= 4 is 41.6 Å². The van der Waals surface area contributed by atoms with Gasteiger partial charge in [-0.15, -0.1) is 11.8 Å². The van der Waals surface area contributed by atoms with Crippen molar-refractivity contribution in [3.63, 3.8) is 0 Å². The summed E-state index contributed by atoms with van der Waals surface area (Å²) < 4.78 is 5.00. The number of carbonyl (C=O) groups is 5. The number of amides is 3. The van der Waals surface area contributed by atoms with E-state index in [9.17, 15) is 29.1 Å². The molecule has 40 heavy (non-hydrogen) atoms. The zero-order valence-electron chi connectivity index (χ0n) is 21.9. The van der Waals surface area contributed by atoms with Gasteiger partial charge in [-0.2, -0.15) is 0 Å². The van der Waals surface area contributed by atoms with Crippen LogP contribution in [0.2, 0.25) is 0 Å². The summed E-state index contributed by atoms with van der Waals surface area (Å²) in [6.07, 6.45) is -1.07. The van der Waals surface area contributed by atoms with E-state index in [0.717, 1.165) is 11.8 Å². The van der Waals surface area contributed by atoms with Crippen LogP contribution in [0.4, 0.5) is 4.79 Å². The first kappa shape index (κ1) is 30.3. The maximum Gasteiger partial charge on any atom is 0.409 e. The molecule has 13 nitrogen and oxygen atoms in total. The first-order valence-electron chi connectivity index (χ1n) is 12.7. The highest BCUT2D eigenvalue weighted by atomic mass is 32.2. The number of benzene rings is 1. The third-order valence-electron chi connectivity index (χ3n) is 5.90.